The van der Waals surface area contributed by atoms with Crippen LogP contribution in [0.3, 0.4) is 0 Å². The summed E-state index contributed by atoms with van der Waals surface area (Å²) in [6.07, 6.45) is 0. The van der Waals surface area contributed by atoms with Crippen molar-refractivity contribution in [3.05, 3.63) is 23.8 Å². The molecule has 1 saturated heterocycles. The highest BCUT2D eigenvalue weighted by Crippen LogP contribution is 2.25. The lowest BCUT2D eigenvalue weighted by Gasteiger charge is -2.27. The Balaban J connectivity index is 1.93. The van der Waals surface area contributed by atoms with Gasteiger partial charge in [-0.2, -0.15) is 0 Å². The van der Waals surface area contributed by atoms with Crippen molar-refractivity contribution in [1.82, 2.24) is 15.5 Å². The van der Waals surface area contributed by atoms with Crippen LogP contribution in [0, 0.1) is 0 Å². The van der Waals surface area contributed by atoms with E-state index in [-0.39, 0.29) is 29.5 Å². The summed E-state index contributed by atoms with van der Waals surface area (Å²) in [4.78, 5) is 25.4. The molecule has 0 saturated carbocycles. The van der Waals surface area contributed by atoms with Gasteiger partial charge in [-0.05, 0) is 12.1 Å². The highest BCUT2D eigenvalue weighted by Gasteiger charge is 2.19. The zero-order valence-electron chi connectivity index (χ0n) is 10.9. The quantitative estimate of drug-likeness (QED) is 0.584. The Hall–Kier alpha value is -2.28. The number of aromatic hydroxyl groups is 2. The van der Waals surface area contributed by atoms with Crippen LogP contribution in [0.5, 0.6) is 11.5 Å². The first-order chi connectivity index (χ1) is 9.59. The third kappa shape index (κ3) is 3.18. The van der Waals surface area contributed by atoms with Crippen LogP contribution < -0.4 is 10.6 Å². The summed E-state index contributed by atoms with van der Waals surface area (Å²) < 4.78 is 0. The lowest BCUT2D eigenvalue weighted by atomic mass is 10.1. The molecule has 108 valence electrons. The number of phenolic OH excluding ortho intramolecular Hbond substituents is 2. The molecule has 7 heteroatoms. The molecule has 0 atom stereocenters. The lowest BCUT2D eigenvalue weighted by molar-refractivity contribution is -0.130. The van der Waals surface area contributed by atoms with Crippen molar-refractivity contribution < 1.29 is 19.8 Å². The minimum atomic E-state index is -0.677. The molecule has 0 bridgehead atoms. The van der Waals surface area contributed by atoms with Gasteiger partial charge in [0.05, 0.1) is 6.54 Å². The molecule has 4 N–H and O–H groups in total. The Bertz CT molecular complexity index is 492. The molecule has 2 amide bonds. The number of benzene rings is 1. The van der Waals surface area contributed by atoms with Gasteiger partial charge in [-0.15, -0.1) is 0 Å². The maximum Gasteiger partial charge on any atom is 0.259 e. The summed E-state index contributed by atoms with van der Waals surface area (Å²) in [7, 11) is 0. The first-order valence-corrected chi connectivity index (χ1v) is 6.37. The molecule has 0 radical (unpaired) electrons. The van der Waals surface area contributed by atoms with Crippen LogP contribution in [0.4, 0.5) is 0 Å². The van der Waals surface area contributed by atoms with E-state index in [9.17, 15) is 19.8 Å². The molecule has 1 aliphatic heterocycles. The van der Waals surface area contributed by atoms with E-state index in [0.717, 1.165) is 13.1 Å². The second-order valence-corrected chi connectivity index (χ2v) is 4.48. The Kier molecular flexibility index (Phi) is 4.41. The summed E-state index contributed by atoms with van der Waals surface area (Å²) >= 11 is 0. The second-order valence-electron chi connectivity index (χ2n) is 4.48. The van der Waals surface area contributed by atoms with E-state index in [0.29, 0.717) is 13.1 Å². The van der Waals surface area contributed by atoms with Gasteiger partial charge in [0.1, 0.15) is 17.1 Å². The molecule has 0 aromatic heterocycles. The van der Waals surface area contributed by atoms with Gasteiger partial charge in [0.15, 0.2) is 0 Å². The number of rotatable bonds is 3. The smallest absolute Gasteiger partial charge is 0.259 e. The summed E-state index contributed by atoms with van der Waals surface area (Å²) in [5.41, 5.74) is -0.222. The normalized spacial score (nSPS) is 14.9. The Labute approximate surface area is 116 Å². The number of piperazine rings is 1. The molecule has 2 rings (SSSR count). The largest absolute Gasteiger partial charge is 0.507 e. The average molecular weight is 279 g/mol. The van der Waals surface area contributed by atoms with Crippen LogP contribution in [-0.4, -0.2) is 59.7 Å². The highest BCUT2D eigenvalue weighted by atomic mass is 16.3. The molecule has 20 heavy (non-hydrogen) atoms. The van der Waals surface area contributed by atoms with Crippen molar-refractivity contribution in [3.8, 4) is 11.5 Å². The van der Waals surface area contributed by atoms with Gasteiger partial charge in [-0.1, -0.05) is 6.07 Å². The van der Waals surface area contributed by atoms with Gasteiger partial charge in [-0.25, -0.2) is 0 Å². The van der Waals surface area contributed by atoms with Crippen LogP contribution in [-0.2, 0) is 4.79 Å². The molecule has 1 heterocycles. The van der Waals surface area contributed by atoms with Gasteiger partial charge in [0.25, 0.3) is 5.91 Å². The first-order valence-electron chi connectivity index (χ1n) is 6.37. The van der Waals surface area contributed by atoms with Crippen molar-refractivity contribution in [2.45, 2.75) is 0 Å². The number of nitrogens with zero attached hydrogens (tertiary/aromatic N) is 1. The standard InChI is InChI=1S/C13H17N3O4/c17-9-2-1-3-10(18)12(9)13(20)15-8-11(19)16-6-4-14-5-7-16/h1-3,14,17-18H,4-8H2,(H,15,20). The fourth-order valence-corrected chi connectivity index (χ4v) is 2.03. The van der Waals surface area contributed by atoms with Gasteiger partial charge in [0, 0.05) is 26.2 Å². The monoisotopic (exact) mass is 279 g/mol. The lowest BCUT2D eigenvalue weighted by Crippen LogP contribution is -2.49. The molecule has 1 aromatic rings. The summed E-state index contributed by atoms with van der Waals surface area (Å²) in [6, 6.07) is 4.02. The summed E-state index contributed by atoms with van der Waals surface area (Å²) in [5, 5.41) is 24.6. The van der Waals surface area contributed by atoms with Crippen molar-refractivity contribution in [3.63, 3.8) is 0 Å². The van der Waals surface area contributed by atoms with E-state index >= 15 is 0 Å². The minimum Gasteiger partial charge on any atom is -0.507 e. The Morgan fingerprint density at radius 1 is 1.20 bits per heavy atom. The topological polar surface area (TPSA) is 102 Å². The van der Waals surface area contributed by atoms with Crippen molar-refractivity contribution >= 4 is 11.8 Å². The number of nitrogens with one attached hydrogen (secondary N) is 2. The summed E-state index contributed by atoms with van der Waals surface area (Å²) in [6.45, 7) is 2.53. The Morgan fingerprint density at radius 3 is 2.40 bits per heavy atom. The van der Waals surface area contributed by atoms with E-state index in [4.69, 9.17) is 0 Å². The van der Waals surface area contributed by atoms with E-state index < -0.39 is 5.91 Å². The zero-order valence-corrected chi connectivity index (χ0v) is 10.9. The molecule has 7 nitrogen and oxygen atoms in total. The first kappa shape index (κ1) is 14.1. The number of hydrogen-bond donors (Lipinski definition) is 4. The molecule has 0 unspecified atom stereocenters. The number of amides is 2. The van der Waals surface area contributed by atoms with Crippen molar-refractivity contribution in [2.24, 2.45) is 0 Å². The number of phenols is 2. The Morgan fingerprint density at radius 2 is 1.80 bits per heavy atom. The molecule has 1 aliphatic rings. The number of carbonyl (C=O) groups excluding carboxylic acids is 2. The fraction of sp³-hybridized carbons (Fsp3) is 0.385. The van der Waals surface area contributed by atoms with Crippen LogP contribution in [0.25, 0.3) is 0 Å². The molecular weight excluding hydrogens is 262 g/mol. The van der Waals surface area contributed by atoms with E-state index in [2.05, 4.69) is 10.6 Å². The third-order valence-corrected chi connectivity index (χ3v) is 3.12. The average Bonchev–Trinajstić information content (AvgIpc) is 2.45. The fourth-order valence-electron chi connectivity index (χ4n) is 2.03. The van der Waals surface area contributed by atoms with Gasteiger partial charge in [-0.3, -0.25) is 9.59 Å². The molecule has 0 aliphatic carbocycles. The maximum absolute atomic E-state index is 11.9. The number of hydrogen-bond acceptors (Lipinski definition) is 5. The van der Waals surface area contributed by atoms with Crippen LogP contribution >= 0.6 is 0 Å². The predicted octanol–water partition coefficient (Wildman–Crippen LogP) is -0.741. The van der Waals surface area contributed by atoms with E-state index in [1.54, 1.807) is 4.90 Å². The van der Waals surface area contributed by atoms with Crippen LogP contribution in [0.1, 0.15) is 10.4 Å². The summed E-state index contributed by atoms with van der Waals surface area (Å²) in [5.74, 6) is -1.51. The van der Waals surface area contributed by atoms with Gasteiger partial charge >= 0.3 is 0 Å². The molecular formula is C13H17N3O4. The van der Waals surface area contributed by atoms with Crippen molar-refractivity contribution in [1.29, 1.82) is 0 Å². The number of carbonyl (C=O) groups is 2. The zero-order chi connectivity index (χ0) is 14.5. The van der Waals surface area contributed by atoms with E-state index in [1.807, 2.05) is 0 Å². The highest BCUT2D eigenvalue weighted by molar-refractivity contribution is 6.00. The molecule has 1 fully saturated rings. The third-order valence-electron chi connectivity index (χ3n) is 3.12. The predicted molar refractivity (Wildman–Crippen MR) is 71.6 cm³/mol. The van der Waals surface area contributed by atoms with Gasteiger partial charge in [0.2, 0.25) is 5.91 Å². The SMILES string of the molecule is O=C(NCC(=O)N1CCNCC1)c1c(O)cccc1O. The molecule has 1 aromatic carbocycles. The van der Waals surface area contributed by atoms with Crippen LogP contribution in [0.15, 0.2) is 18.2 Å². The van der Waals surface area contributed by atoms with Crippen LogP contribution in [0.2, 0.25) is 0 Å². The second kappa shape index (κ2) is 6.25. The maximum atomic E-state index is 11.9. The van der Waals surface area contributed by atoms with E-state index in [1.165, 1.54) is 18.2 Å². The van der Waals surface area contributed by atoms with Crippen molar-refractivity contribution in [2.75, 3.05) is 32.7 Å². The van der Waals surface area contributed by atoms with Gasteiger partial charge < -0.3 is 25.7 Å². The minimum absolute atomic E-state index is 0.160. The molecule has 0 spiro atoms.